The zero-order valence-electron chi connectivity index (χ0n) is 18.0. The monoisotopic (exact) mass is 368 g/mol. The van der Waals surface area contributed by atoms with Crippen molar-refractivity contribution in [2.24, 2.45) is 0 Å². The molecule has 0 aliphatic heterocycles. The van der Waals surface area contributed by atoms with Gasteiger partial charge in [-0.2, -0.15) is 0 Å². The number of hydrogen-bond acceptors (Lipinski definition) is 2. The van der Waals surface area contributed by atoms with Crippen LogP contribution in [0.15, 0.2) is 59.2 Å². The summed E-state index contributed by atoms with van der Waals surface area (Å²) in [4.78, 5) is 0. The van der Waals surface area contributed by atoms with Crippen molar-refractivity contribution in [2.75, 3.05) is 13.7 Å². The Bertz CT molecular complexity index is 686. The van der Waals surface area contributed by atoms with E-state index in [1.165, 1.54) is 16.7 Å². The second-order valence-electron chi connectivity index (χ2n) is 7.18. The molecular formula is C25H36O2. The first-order valence-corrected chi connectivity index (χ1v) is 9.84. The minimum atomic E-state index is 0.564. The van der Waals surface area contributed by atoms with E-state index in [-0.39, 0.29) is 0 Å². The van der Waals surface area contributed by atoms with Crippen LogP contribution in [-0.2, 0) is 0 Å². The molecule has 0 atom stereocenters. The molecule has 0 aliphatic rings. The lowest BCUT2D eigenvalue weighted by molar-refractivity contribution is 0.325. The molecule has 0 saturated heterocycles. The fourth-order valence-corrected chi connectivity index (χ4v) is 2.71. The number of hydrogen-bond donors (Lipinski definition) is 0. The predicted octanol–water partition coefficient (Wildman–Crippen LogP) is 7.53. The molecule has 0 N–H and O–H groups in total. The second-order valence-corrected chi connectivity index (χ2v) is 7.18. The highest BCUT2D eigenvalue weighted by Crippen LogP contribution is 2.28. The van der Waals surface area contributed by atoms with Crippen LogP contribution in [0.5, 0.6) is 11.5 Å². The van der Waals surface area contributed by atoms with Crippen molar-refractivity contribution in [3.63, 3.8) is 0 Å². The van der Waals surface area contributed by atoms with Gasteiger partial charge in [-0.3, -0.25) is 0 Å². The molecule has 0 heterocycles. The normalized spacial score (nSPS) is 12.4. The second kappa shape index (κ2) is 13.0. The molecule has 2 heteroatoms. The lowest BCUT2D eigenvalue weighted by atomic mass is 10.1. The summed E-state index contributed by atoms with van der Waals surface area (Å²) < 4.78 is 11.3. The maximum atomic E-state index is 5.89. The number of ether oxygens (including phenoxy) is 2. The third kappa shape index (κ3) is 9.89. The van der Waals surface area contributed by atoms with Crippen LogP contribution in [0.1, 0.15) is 65.9 Å². The van der Waals surface area contributed by atoms with Gasteiger partial charge in [0.05, 0.1) is 7.11 Å². The summed E-state index contributed by atoms with van der Waals surface area (Å²) in [7, 11) is 1.68. The minimum absolute atomic E-state index is 0.564. The Kier molecular flexibility index (Phi) is 11.0. The molecule has 0 spiro atoms. The molecule has 0 fully saturated rings. The van der Waals surface area contributed by atoms with Gasteiger partial charge in [0.1, 0.15) is 6.61 Å². The van der Waals surface area contributed by atoms with Gasteiger partial charge in [-0.25, -0.2) is 0 Å². The van der Waals surface area contributed by atoms with E-state index in [2.05, 4.69) is 45.9 Å². The van der Waals surface area contributed by atoms with Crippen LogP contribution >= 0.6 is 0 Å². The first-order chi connectivity index (χ1) is 13.0. The van der Waals surface area contributed by atoms with Crippen LogP contribution in [0, 0.1) is 0 Å². The Morgan fingerprint density at radius 3 is 2.19 bits per heavy atom. The van der Waals surface area contributed by atoms with Gasteiger partial charge in [-0.05, 0) is 84.1 Å². The van der Waals surface area contributed by atoms with Crippen molar-refractivity contribution < 1.29 is 9.47 Å². The molecule has 2 nitrogen and oxygen atoms in total. The summed E-state index contributed by atoms with van der Waals surface area (Å²) in [6.45, 7) is 11.3. The Morgan fingerprint density at radius 2 is 1.56 bits per heavy atom. The van der Waals surface area contributed by atoms with Gasteiger partial charge in [-0.15, -0.1) is 0 Å². The van der Waals surface area contributed by atoms with E-state index in [1.54, 1.807) is 7.11 Å². The third-order valence-corrected chi connectivity index (χ3v) is 4.34. The maximum absolute atomic E-state index is 5.89. The minimum Gasteiger partial charge on any atom is -0.493 e. The summed E-state index contributed by atoms with van der Waals surface area (Å²) >= 11 is 0. The van der Waals surface area contributed by atoms with Crippen molar-refractivity contribution in [3.8, 4) is 11.5 Å². The maximum Gasteiger partial charge on any atom is 0.161 e. The largest absolute Gasteiger partial charge is 0.493 e. The quantitative estimate of drug-likeness (QED) is 0.376. The average molecular weight is 369 g/mol. The lowest BCUT2D eigenvalue weighted by Crippen LogP contribution is -1.97. The molecule has 0 aromatic heterocycles. The van der Waals surface area contributed by atoms with Gasteiger partial charge in [0.2, 0.25) is 0 Å². The van der Waals surface area contributed by atoms with E-state index >= 15 is 0 Å². The standard InChI is InChI=1S/C25H36O2/c1-7-10-23-15-16-24(25(19-23)26-6)27-18-17-22(5)14-9-13-21(4)12-8-11-20(2)3/h7,10-11,13,15-17,19H,8-9,12,14,18H2,1-6H3/b10-7+,21-13+,22-17+. The first-order valence-electron chi connectivity index (χ1n) is 9.84. The van der Waals surface area contributed by atoms with Crippen LogP contribution in [-0.4, -0.2) is 13.7 Å². The van der Waals surface area contributed by atoms with Crippen LogP contribution in [0.2, 0.25) is 0 Å². The third-order valence-electron chi connectivity index (χ3n) is 4.34. The number of allylic oxidation sites excluding steroid dienone is 6. The summed E-state index contributed by atoms with van der Waals surface area (Å²) in [5, 5.41) is 0. The van der Waals surface area contributed by atoms with E-state index in [9.17, 15) is 0 Å². The Morgan fingerprint density at radius 1 is 0.889 bits per heavy atom. The van der Waals surface area contributed by atoms with Crippen molar-refractivity contribution in [3.05, 3.63) is 64.8 Å². The molecule has 148 valence electrons. The van der Waals surface area contributed by atoms with E-state index in [0.29, 0.717) is 6.61 Å². The molecule has 0 aliphatic carbocycles. The van der Waals surface area contributed by atoms with Crippen LogP contribution in [0.4, 0.5) is 0 Å². The highest BCUT2D eigenvalue weighted by molar-refractivity contribution is 5.55. The zero-order chi connectivity index (χ0) is 20.1. The van der Waals surface area contributed by atoms with Crippen molar-refractivity contribution in [1.29, 1.82) is 0 Å². The summed E-state index contributed by atoms with van der Waals surface area (Å²) in [5.41, 5.74) is 5.34. The van der Waals surface area contributed by atoms with Gasteiger partial charge < -0.3 is 9.47 Å². The number of methoxy groups -OCH3 is 1. The van der Waals surface area contributed by atoms with Gasteiger partial charge in [-0.1, -0.05) is 47.1 Å². The Hall–Kier alpha value is -2.22. The fourth-order valence-electron chi connectivity index (χ4n) is 2.71. The van der Waals surface area contributed by atoms with Gasteiger partial charge in [0, 0.05) is 0 Å². The highest BCUT2D eigenvalue weighted by Gasteiger charge is 2.04. The topological polar surface area (TPSA) is 18.5 Å². The molecule has 0 saturated carbocycles. The molecule has 1 aromatic carbocycles. The number of rotatable bonds is 11. The first kappa shape index (κ1) is 22.8. The predicted molar refractivity (Wildman–Crippen MR) is 119 cm³/mol. The van der Waals surface area contributed by atoms with Crippen LogP contribution < -0.4 is 9.47 Å². The molecule has 1 aromatic rings. The van der Waals surface area contributed by atoms with E-state index in [1.807, 2.05) is 37.3 Å². The Labute approximate surface area is 166 Å². The van der Waals surface area contributed by atoms with Crippen molar-refractivity contribution in [2.45, 2.75) is 60.3 Å². The van der Waals surface area contributed by atoms with E-state index in [0.717, 1.165) is 42.7 Å². The average Bonchev–Trinajstić information content (AvgIpc) is 2.62. The lowest BCUT2D eigenvalue weighted by Gasteiger charge is -2.10. The van der Waals surface area contributed by atoms with E-state index in [4.69, 9.17) is 9.47 Å². The van der Waals surface area contributed by atoms with Crippen molar-refractivity contribution >= 4 is 6.08 Å². The molecule has 1 rings (SSSR count). The summed E-state index contributed by atoms with van der Waals surface area (Å²) in [6, 6.07) is 6.00. The van der Waals surface area contributed by atoms with Crippen LogP contribution in [0.3, 0.4) is 0 Å². The molecule has 27 heavy (non-hydrogen) atoms. The smallest absolute Gasteiger partial charge is 0.161 e. The highest BCUT2D eigenvalue weighted by atomic mass is 16.5. The summed E-state index contributed by atoms with van der Waals surface area (Å²) in [6.07, 6.45) is 15.3. The molecule has 0 radical (unpaired) electrons. The van der Waals surface area contributed by atoms with Gasteiger partial charge in [0.25, 0.3) is 0 Å². The van der Waals surface area contributed by atoms with E-state index < -0.39 is 0 Å². The molecule has 0 amide bonds. The molecule has 0 bridgehead atoms. The fraction of sp³-hybridized carbons (Fsp3) is 0.440. The number of benzene rings is 1. The molecular weight excluding hydrogens is 332 g/mol. The van der Waals surface area contributed by atoms with Crippen LogP contribution in [0.25, 0.3) is 6.08 Å². The van der Waals surface area contributed by atoms with Gasteiger partial charge >= 0.3 is 0 Å². The van der Waals surface area contributed by atoms with Gasteiger partial charge in [0.15, 0.2) is 11.5 Å². The van der Waals surface area contributed by atoms with Crippen molar-refractivity contribution in [1.82, 2.24) is 0 Å². The Balaban J connectivity index is 2.45. The zero-order valence-corrected chi connectivity index (χ0v) is 18.0. The molecule has 0 unspecified atom stereocenters. The summed E-state index contributed by atoms with van der Waals surface area (Å²) in [5.74, 6) is 1.55. The SMILES string of the molecule is C/C=C/c1ccc(OC/C=C(\C)CC/C=C(\C)CCC=C(C)C)c(OC)c1.